The van der Waals surface area contributed by atoms with Crippen molar-refractivity contribution in [3.63, 3.8) is 0 Å². The van der Waals surface area contributed by atoms with Crippen LogP contribution in [0.1, 0.15) is 82.0 Å². The first-order valence-electron chi connectivity index (χ1n) is 15.0. The molecule has 40 heavy (non-hydrogen) atoms. The summed E-state index contributed by atoms with van der Waals surface area (Å²) in [6.07, 6.45) is 7.50. The van der Waals surface area contributed by atoms with Crippen molar-refractivity contribution in [2.75, 3.05) is 40.5 Å². The maximum atomic E-state index is 13.0. The van der Waals surface area contributed by atoms with E-state index >= 15 is 0 Å². The van der Waals surface area contributed by atoms with Crippen molar-refractivity contribution in [1.29, 1.82) is 0 Å². The first-order chi connectivity index (χ1) is 19.3. The van der Waals surface area contributed by atoms with E-state index in [2.05, 4.69) is 24.5 Å². The second-order valence-corrected chi connectivity index (χ2v) is 11.4. The van der Waals surface area contributed by atoms with Gasteiger partial charge in [-0.15, -0.1) is 0 Å². The van der Waals surface area contributed by atoms with Gasteiger partial charge in [-0.3, -0.25) is 9.59 Å². The quantitative estimate of drug-likeness (QED) is 0.189. The lowest BCUT2D eigenvalue weighted by Crippen LogP contribution is -2.48. The fourth-order valence-electron chi connectivity index (χ4n) is 5.23. The molecule has 1 aliphatic carbocycles. The number of nitrogens with two attached hydrogens (primary N) is 1. The molecule has 2 amide bonds. The van der Waals surface area contributed by atoms with E-state index in [4.69, 9.17) is 19.9 Å². The Balaban J connectivity index is 1.82. The molecule has 1 aliphatic rings. The van der Waals surface area contributed by atoms with Gasteiger partial charge in [0.2, 0.25) is 5.91 Å². The molecule has 0 heterocycles. The second kappa shape index (κ2) is 19.0. The Hall–Kier alpha value is -2.20. The Morgan fingerprint density at radius 2 is 1.73 bits per heavy atom. The topological polar surface area (TPSA) is 132 Å². The number of methoxy groups -OCH3 is 2. The van der Waals surface area contributed by atoms with E-state index in [9.17, 15) is 14.7 Å². The van der Waals surface area contributed by atoms with Crippen LogP contribution < -0.4 is 21.1 Å². The Labute approximate surface area is 240 Å². The third-order valence-corrected chi connectivity index (χ3v) is 8.00. The number of aliphatic hydroxyl groups is 1. The third kappa shape index (κ3) is 12.1. The summed E-state index contributed by atoms with van der Waals surface area (Å²) in [6, 6.07) is 6.67. The summed E-state index contributed by atoms with van der Waals surface area (Å²) in [5.41, 5.74) is 6.85. The van der Waals surface area contributed by atoms with Crippen molar-refractivity contribution in [2.45, 2.75) is 89.9 Å². The first kappa shape index (κ1) is 34.0. The molecule has 1 saturated carbocycles. The fraction of sp³-hybridized carbons (Fsp3) is 0.742. The average Bonchev–Trinajstić information content (AvgIpc) is 2.96. The van der Waals surface area contributed by atoms with Crippen LogP contribution in [0.5, 0.6) is 5.75 Å². The molecular weight excluding hydrogens is 510 g/mol. The number of carbonyl (C=O) groups excluding carboxylic acids is 2. The highest BCUT2D eigenvalue weighted by atomic mass is 16.5. The molecule has 1 aromatic rings. The lowest BCUT2D eigenvalue weighted by atomic mass is 9.85. The molecule has 1 fully saturated rings. The lowest BCUT2D eigenvalue weighted by Gasteiger charge is -2.28. The first-order valence-corrected chi connectivity index (χ1v) is 15.0. The van der Waals surface area contributed by atoms with E-state index < -0.39 is 18.2 Å². The van der Waals surface area contributed by atoms with Gasteiger partial charge in [0.05, 0.1) is 18.3 Å². The second-order valence-electron chi connectivity index (χ2n) is 11.4. The molecule has 2 rings (SSSR count). The van der Waals surface area contributed by atoms with Gasteiger partial charge < -0.3 is 35.7 Å². The number of carbonyl (C=O) groups is 2. The van der Waals surface area contributed by atoms with Crippen LogP contribution in [0.15, 0.2) is 24.3 Å². The molecule has 4 unspecified atom stereocenters. The van der Waals surface area contributed by atoms with Crippen LogP contribution in [0, 0.1) is 17.8 Å². The van der Waals surface area contributed by atoms with Crippen molar-refractivity contribution in [3.8, 4) is 5.75 Å². The van der Waals surface area contributed by atoms with Gasteiger partial charge in [-0.1, -0.05) is 58.1 Å². The summed E-state index contributed by atoms with van der Waals surface area (Å²) in [4.78, 5) is 25.7. The molecule has 0 spiro atoms. The zero-order chi connectivity index (χ0) is 29.3. The van der Waals surface area contributed by atoms with Gasteiger partial charge in [-0.2, -0.15) is 0 Å². The monoisotopic (exact) mass is 563 g/mol. The number of unbranched alkanes of at least 4 members (excludes halogenated alkanes) is 1. The zero-order valence-corrected chi connectivity index (χ0v) is 25.0. The molecule has 0 radical (unpaired) electrons. The fourth-order valence-corrected chi connectivity index (χ4v) is 5.23. The molecule has 0 aliphatic heterocycles. The van der Waals surface area contributed by atoms with E-state index in [1.54, 1.807) is 26.4 Å². The summed E-state index contributed by atoms with van der Waals surface area (Å²) >= 11 is 0. The van der Waals surface area contributed by atoms with Crippen molar-refractivity contribution in [1.82, 2.24) is 10.6 Å². The highest BCUT2D eigenvalue weighted by Gasteiger charge is 2.27. The standard InChI is InChI=1S/C31H53N3O6/c1-22(2)24(20-33-30(36)25-14-8-9-15-28(25)40-17-11-10-16-38-3)19-26(32)27(35)21-34-31(37)29(39-4)18-23-12-6-5-7-13-23/h8-9,14-15,22-24,26-27,29,35H,5-7,10-13,16-21,32H2,1-4H3,(H,33,36)(H,34,37). The minimum absolute atomic E-state index is 0.0458. The van der Waals surface area contributed by atoms with Gasteiger partial charge in [0.1, 0.15) is 11.9 Å². The average molecular weight is 564 g/mol. The maximum Gasteiger partial charge on any atom is 0.255 e. The molecule has 4 atom stereocenters. The lowest BCUT2D eigenvalue weighted by molar-refractivity contribution is -0.132. The molecule has 0 bridgehead atoms. The van der Waals surface area contributed by atoms with Gasteiger partial charge in [-0.25, -0.2) is 0 Å². The van der Waals surface area contributed by atoms with E-state index in [0.29, 0.717) is 49.8 Å². The van der Waals surface area contributed by atoms with Crippen LogP contribution in [0.3, 0.4) is 0 Å². The Kier molecular flexibility index (Phi) is 16.2. The van der Waals surface area contributed by atoms with Crippen LogP contribution in [0.25, 0.3) is 0 Å². The van der Waals surface area contributed by atoms with E-state index in [0.717, 1.165) is 25.7 Å². The number of nitrogens with one attached hydrogen (secondary N) is 2. The summed E-state index contributed by atoms with van der Waals surface area (Å²) < 4.78 is 16.4. The van der Waals surface area contributed by atoms with Gasteiger partial charge in [0.15, 0.2) is 0 Å². The summed E-state index contributed by atoms with van der Waals surface area (Å²) in [6.45, 7) is 5.82. The van der Waals surface area contributed by atoms with Gasteiger partial charge >= 0.3 is 0 Å². The summed E-state index contributed by atoms with van der Waals surface area (Å²) in [7, 11) is 3.23. The number of benzene rings is 1. The smallest absolute Gasteiger partial charge is 0.255 e. The van der Waals surface area contributed by atoms with E-state index in [1.807, 2.05) is 12.1 Å². The largest absolute Gasteiger partial charge is 0.493 e. The minimum Gasteiger partial charge on any atom is -0.493 e. The van der Waals surface area contributed by atoms with Crippen LogP contribution in [-0.2, 0) is 14.3 Å². The number of hydrogen-bond acceptors (Lipinski definition) is 7. The SMILES string of the molecule is COCCCCOc1ccccc1C(=O)NCC(CC(N)C(O)CNC(=O)C(CC1CCCCC1)OC)C(C)C. The maximum absolute atomic E-state index is 13.0. The number of para-hydroxylation sites is 1. The summed E-state index contributed by atoms with van der Waals surface area (Å²) in [5, 5.41) is 16.6. The van der Waals surface area contributed by atoms with Crippen molar-refractivity contribution in [3.05, 3.63) is 29.8 Å². The molecule has 5 N–H and O–H groups in total. The van der Waals surface area contributed by atoms with Crippen LogP contribution in [0.2, 0.25) is 0 Å². The van der Waals surface area contributed by atoms with Gasteiger partial charge in [0.25, 0.3) is 5.91 Å². The van der Waals surface area contributed by atoms with Crippen molar-refractivity contribution in [2.24, 2.45) is 23.5 Å². The predicted octanol–water partition coefficient (Wildman–Crippen LogP) is 3.67. The number of amides is 2. The van der Waals surface area contributed by atoms with E-state index in [1.165, 1.54) is 19.3 Å². The molecule has 0 saturated heterocycles. The van der Waals surface area contributed by atoms with Gasteiger partial charge in [0, 0.05) is 40.0 Å². The number of ether oxygens (including phenoxy) is 3. The van der Waals surface area contributed by atoms with Crippen LogP contribution >= 0.6 is 0 Å². The molecular formula is C31H53N3O6. The third-order valence-electron chi connectivity index (χ3n) is 8.00. The molecule has 1 aromatic carbocycles. The number of rotatable bonds is 19. The molecule has 9 heteroatoms. The normalized spacial score (nSPS) is 17.2. The minimum atomic E-state index is -0.902. The molecule has 0 aromatic heterocycles. The number of aliphatic hydroxyl groups excluding tert-OH is 1. The summed E-state index contributed by atoms with van der Waals surface area (Å²) in [5.74, 6) is 0.935. The molecule has 228 valence electrons. The van der Waals surface area contributed by atoms with E-state index in [-0.39, 0.29) is 30.2 Å². The highest BCUT2D eigenvalue weighted by Crippen LogP contribution is 2.28. The predicted molar refractivity (Wildman–Crippen MR) is 157 cm³/mol. The Morgan fingerprint density at radius 3 is 2.40 bits per heavy atom. The Morgan fingerprint density at radius 1 is 1.02 bits per heavy atom. The number of hydrogen-bond donors (Lipinski definition) is 4. The van der Waals surface area contributed by atoms with Crippen molar-refractivity contribution < 1.29 is 28.9 Å². The zero-order valence-electron chi connectivity index (χ0n) is 25.0. The van der Waals surface area contributed by atoms with Crippen molar-refractivity contribution >= 4 is 11.8 Å². The molecule has 9 nitrogen and oxygen atoms in total. The van der Waals surface area contributed by atoms with Crippen LogP contribution in [0.4, 0.5) is 0 Å². The Bertz CT molecular complexity index is 861. The van der Waals surface area contributed by atoms with Gasteiger partial charge in [-0.05, 0) is 55.6 Å². The van der Waals surface area contributed by atoms with Crippen LogP contribution in [-0.4, -0.2) is 75.7 Å². The highest BCUT2D eigenvalue weighted by molar-refractivity contribution is 5.96.